The summed E-state index contributed by atoms with van der Waals surface area (Å²) in [6, 6.07) is 8.66. The summed E-state index contributed by atoms with van der Waals surface area (Å²) < 4.78 is 0. The average Bonchev–Trinajstić information content (AvgIpc) is 2.46. The van der Waals surface area contributed by atoms with Gasteiger partial charge in [-0.3, -0.25) is 4.79 Å². The fraction of sp³-hybridized carbons (Fsp3) is 0.588. The molecular weight excluding hydrogens is 248 g/mol. The van der Waals surface area contributed by atoms with E-state index in [9.17, 15) is 4.79 Å². The van der Waals surface area contributed by atoms with Crippen LogP contribution in [0.2, 0.25) is 0 Å². The monoisotopic (exact) mass is 274 g/mol. The predicted octanol–water partition coefficient (Wildman–Crippen LogP) is 3.70. The van der Waals surface area contributed by atoms with Crippen LogP contribution in [0.3, 0.4) is 0 Å². The van der Waals surface area contributed by atoms with Gasteiger partial charge in [-0.05, 0) is 30.4 Å². The SMILES string of the molecule is CCC1CCCC(NCc2ccccc2NC(C)=O)C1. The maximum Gasteiger partial charge on any atom is 0.221 e. The molecule has 2 unspecified atom stereocenters. The molecule has 2 N–H and O–H groups in total. The lowest BCUT2D eigenvalue weighted by atomic mass is 9.84. The van der Waals surface area contributed by atoms with E-state index in [1.807, 2.05) is 18.2 Å². The van der Waals surface area contributed by atoms with E-state index in [4.69, 9.17) is 0 Å². The fourth-order valence-electron chi connectivity index (χ4n) is 3.09. The van der Waals surface area contributed by atoms with Gasteiger partial charge in [0.05, 0.1) is 0 Å². The Morgan fingerprint density at radius 3 is 2.85 bits per heavy atom. The van der Waals surface area contributed by atoms with Crippen molar-refractivity contribution in [2.24, 2.45) is 5.92 Å². The Kier molecular flexibility index (Phi) is 5.60. The molecule has 1 aromatic carbocycles. The van der Waals surface area contributed by atoms with E-state index < -0.39 is 0 Å². The van der Waals surface area contributed by atoms with Gasteiger partial charge in [-0.15, -0.1) is 0 Å². The van der Waals surface area contributed by atoms with E-state index in [1.54, 1.807) is 6.92 Å². The molecule has 0 saturated heterocycles. The molecule has 110 valence electrons. The van der Waals surface area contributed by atoms with E-state index in [1.165, 1.54) is 37.7 Å². The van der Waals surface area contributed by atoms with Gasteiger partial charge >= 0.3 is 0 Å². The van der Waals surface area contributed by atoms with E-state index in [0.717, 1.165) is 18.2 Å². The van der Waals surface area contributed by atoms with Crippen LogP contribution in [0.5, 0.6) is 0 Å². The molecule has 3 nitrogen and oxygen atoms in total. The van der Waals surface area contributed by atoms with Crippen LogP contribution >= 0.6 is 0 Å². The highest BCUT2D eigenvalue weighted by Crippen LogP contribution is 2.27. The molecular formula is C17H26N2O. The van der Waals surface area contributed by atoms with Crippen molar-refractivity contribution in [3.8, 4) is 0 Å². The van der Waals surface area contributed by atoms with Crippen molar-refractivity contribution in [3.05, 3.63) is 29.8 Å². The Hall–Kier alpha value is -1.35. The second-order valence-corrected chi connectivity index (χ2v) is 5.86. The van der Waals surface area contributed by atoms with Crippen molar-refractivity contribution in [3.63, 3.8) is 0 Å². The lowest BCUT2D eigenvalue weighted by Gasteiger charge is -2.29. The summed E-state index contributed by atoms with van der Waals surface area (Å²) in [6.07, 6.45) is 6.58. The molecule has 0 heterocycles. The molecule has 2 atom stereocenters. The minimum atomic E-state index is -0.0128. The zero-order valence-electron chi connectivity index (χ0n) is 12.6. The topological polar surface area (TPSA) is 41.1 Å². The number of carbonyl (C=O) groups is 1. The van der Waals surface area contributed by atoms with Crippen LogP contribution in [0.25, 0.3) is 0 Å². The number of amides is 1. The van der Waals surface area contributed by atoms with Crippen molar-refractivity contribution >= 4 is 11.6 Å². The van der Waals surface area contributed by atoms with Gasteiger partial charge in [0.1, 0.15) is 0 Å². The molecule has 0 spiro atoms. The van der Waals surface area contributed by atoms with E-state index in [-0.39, 0.29) is 5.91 Å². The average molecular weight is 274 g/mol. The standard InChI is InChI=1S/C17H26N2O/c1-3-14-7-6-9-16(11-14)18-12-15-8-4-5-10-17(15)19-13(2)20/h4-5,8,10,14,16,18H,3,6-7,9,11-12H2,1-2H3,(H,19,20). The number of anilines is 1. The smallest absolute Gasteiger partial charge is 0.221 e. The van der Waals surface area contributed by atoms with Gasteiger partial charge in [0.2, 0.25) is 5.91 Å². The third kappa shape index (κ3) is 4.34. The van der Waals surface area contributed by atoms with E-state index in [0.29, 0.717) is 6.04 Å². The highest BCUT2D eigenvalue weighted by atomic mass is 16.1. The number of benzene rings is 1. The quantitative estimate of drug-likeness (QED) is 0.859. The summed E-state index contributed by atoms with van der Waals surface area (Å²) in [5, 5.41) is 6.57. The summed E-state index contributed by atoms with van der Waals surface area (Å²) in [4.78, 5) is 11.2. The van der Waals surface area contributed by atoms with Gasteiger partial charge in [0.25, 0.3) is 0 Å². The first kappa shape index (κ1) is 15.0. The molecule has 1 fully saturated rings. The van der Waals surface area contributed by atoms with Crippen LogP contribution in [0.4, 0.5) is 5.69 Å². The van der Waals surface area contributed by atoms with Gasteiger partial charge in [0, 0.05) is 25.2 Å². The molecule has 0 bridgehead atoms. The molecule has 0 radical (unpaired) electrons. The number of para-hydroxylation sites is 1. The molecule has 2 rings (SSSR count). The first-order valence-corrected chi connectivity index (χ1v) is 7.78. The number of rotatable bonds is 5. The van der Waals surface area contributed by atoms with Crippen molar-refractivity contribution in [1.29, 1.82) is 0 Å². The highest BCUT2D eigenvalue weighted by Gasteiger charge is 2.20. The summed E-state index contributed by atoms with van der Waals surface area (Å²) in [7, 11) is 0. The maximum absolute atomic E-state index is 11.2. The van der Waals surface area contributed by atoms with Crippen molar-refractivity contribution in [2.45, 2.75) is 58.5 Å². The molecule has 3 heteroatoms. The fourth-order valence-corrected chi connectivity index (χ4v) is 3.09. The minimum Gasteiger partial charge on any atom is -0.326 e. The van der Waals surface area contributed by atoms with Gasteiger partial charge < -0.3 is 10.6 Å². The lowest BCUT2D eigenvalue weighted by Crippen LogP contribution is -2.33. The van der Waals surface area contributed by atoms with Crippen LogP contribution < -0.4 is 10.6 Å². The van der Waals surface area contributed by atoms with Gasteiger partial charge in [0.15, 0.2) is 0 Å². The Bertz CT molecular complexity index is 444. The van der Waals surface area contributed by atoms with Crippen molar-refractivity contribution in [1.82, 2.24) is 5.32 Å². The van der Waals surface area contributed by atoms with Crippen molar-refractivity contribution < 1.29 is 4.79 Å². The summed E-state index contributed by atoms with van der Waals surface area (Å²) >= 11 is 0. The maximum atomic E-state index is 11.2. The van der Waals surface area contributed by atoms with Gasteiger partial charge in [-0.2, -0.15) is 0 Å². The second kappa shape index (κ2) is 7.44. The third-order valence-corrected chi connectivity index (χ3v) is 4.27. The van der Waals surface area contributed by atoms with Gasteiger partial charge in [-0.1, -0.05) is 44.4 Å². The predicted molar refractivity (Wildman–Crippen MR) is 83.6 cm³/mol. The van der Waals surface area contributed by atoms with Crippen LogP contribution in [0.15, 0.2) is 24.3 Å². The van der Waals surface area contributed by atoms with Crippen LogP contribution in [-0.4, -0.2) is 11.9 Å². The molecule has 0 aliphatic heterocycles. The molecule has 1 aliphatic carbocycles. The Balaban J connectivity index is 1.91. The minimum absolute atomic E-state index is 0.0128. The molecule has 0 aromatic heterocycles. The number of nitrogens with one attached hydrogen (secondary N) is 2. The second-order valence-electron chi connectivity index (χ2n) is 5.86. The summed E-state index contributed by atoms with van der Waals surface area (Å²) in [5.41, 5.74) is 2.09. The molecule has 1 aliphatic rings. The lowest BCUT2D eigenvalue weighted by molar-refractivity contribution is -0.114. The largest absolute Gasteiger partial charge is 0.326 e. The zero-order chi connectivity index (χ0) is 14.4. The Labute approximate surface area is 122 Å². The number of hydrogen-bond donors (Lipinski definition) is 2. The highest BCUT2D eigenvalue weighted by molar-refractivity contribution is 5.89. The number of carbonyl (C=O) groups excluding carboxylic acids is 1. The summed E-state index contributed by atoms with van der Waals surface area (Å²) in [5.74, 6) is 0.869. The van der Waals surface area contributed by atoms with E-state index >= 15 is 0 Å². The molecule has 1 saturated carbocycles. The van der Waals surface area contributed by atoms with Crippen LogP contribution in [-0.2, 0) is 11.3 Å². The third-order valence-electron chi connectivity index (χ3n) is 4.27. The first-order chi connectivity index (χ1) is 9.69. The van der Waals surface area contributed by atoms with Crippen molar-refractivity contribution in [2.75, 3.05) is 5.32 Å². The first-order valence-electron chi connectivity index (χ1n) is 7.78. The number of hydrogen-bond acceptors (Lipinski definition) is 2. The molecule has 1 amide bonds. The van der Waals surface area contributed by atoms with Crippen LogP contribution in [0.1, 0.15) is 51.5 Å². The van der Waals surface area contributed by atoms with E-state index in [2.05, 4.69) is 23.6 Å². The Morgan fingerprint density at radius 2 is 2.10 bits per heavy atom. The van der Waals surface area contributed by atoms with Gasteiger partial charge in [-0.25, -0.2) is 0 Å². The Morgan fingerprint density at radius 1 is 1.30 bits per heavy atom. The molecule has 1 aromatic rings. The normalized spacial score (nSPS) is 22.5. The van der Waals surface area contributed by atoms with Crippen LogP contribution in [0, 0.1) is 5.92 Å². The zero-order valence-corrected chi connectivity index (χ0v) is 12.6. The summed E-state index contributed by atoms with van der Waals surface area (Å²) in [6.45, 7) is 4.67. The molecule has 20 heavy (non-hydrogen) atoms.